The van der Waals surface area contributed by atoms with E-state index >= 15 is 0 Å². The van der Waals surface area contributed by atoms with Crippen molar-refractivity contribution >= 4 is 40.1 Å². The number of ether oxygens (including phenoxy) is 1. The lowest BCUT2D eigenvalue weighted by atomic mass is 10.2. The molecule has 10 heteroatoms. The van der Waals surface area contributed by atoms with Crippen LogP contribution in [-0.2, 0) is 4.74 Å². The van der Waals surface area contributed by atoms with Crippen molar-refractivity contribution in [2.24, 2.45) is 0 Å². The van der Waals surface area contributed by atoms with Crippen LogP contribution in [0.4, 0.5) is 17.2 Å². The number of carboxylic acid groups (broad SMARTS) is 1. The molecule has 9 nitrogen and oxygen atoms in total. The van der Waals surface area contributed by atoms with E-state index in [1.807, 2.05) is 12.1 Å². The third-order valence-electron chi connectivity index (χ3n) is 4.92. The Bertz CT molecular complexity index is 1200. The number of nitrogens with one attached hydrogen (secondary N) is 1. The molecule has 1 aliphatic rings. The highest BCUT2D eigenvalue weighted by Crippen LogP contribution is 2.28. The molecular weight excluding hydrogens is 404 g/mol. The second-order valence-electron chi connectivity index (χ2n) is 6.76. The van der Waals surface area contributed by atoms with Crippen LogP contribution in [0.3, 0.4) is 0 Å². The van der Waals surface area contributed by atoms with Crippen LogP contribution < -0.4 is 10.2 Å². The third-order valence-corrected chi connectivity index (χ3v) is 5.83. The summed E-state index contributed by atoms with van der Waals surface area (Å²) in [6.45, 7) is 3.28. The number of anilines is 3. The highest BCUT2D eigenvalue weighted by molar-refractivity contribution is 7.12. The lowest BCUT2D eigenvalue weighted by Gasteiger charge is -2.28. The molecule has 1 saturated heterocycles. The summed E-state index contributed by atoms with van der Waals surface area (Å²) in [6.07, 6.45) is 3.12. The van der Waals surface area contributed by atoms with Crippen molar-refractivity contribution in [3.05, 3.63) is 53.1 Å². The molecule has 0 bridgehead atoms. The van der Waals surface area contributed by atoms with E-state index in [0.717, 1.165) is 43.2 Å². The van der Waals surface area contributed by atoms with Crippen molar-refractivity contribution < 1.29 is 14.6 Å². The summed E-state index contributed by atoms with van der Waals surface area (Å²) < 4.78 is 7.06. The van der Waals surface area contributed by atoms with Crippen molar-refractivity contribution in [1.82, 2.24) is 19.6 Å². The molecule has 1 aliphatic heterocycles. The van der Waals surface area contributed by atoms with E-state index in [1.54, 1.807) is 22.2 Å². The number of aromatic carboxylic acids is 1. The minimum absolute atomic E-state index is 0.265. The summed E-state index contributed by atoms with van der Waals surface area (Å²) >= 11 is 1.17. The van der Waals surface area contributed by atoms with Gasteiger partial charge in [-0.1, -0.05) is 0 Å². The predicted molar refractivity (Wildman–Crippen MR) is 114 cm³/mol. The van der Waals surface area contributed by atoms with Crippen LogP contribution in [0.25, 0.3) is 16.9 Å². The van der Waals surface area contributed by atoms with Crippen LogP contribution in [0.5, 0.6) is 0 Å². The number of carbonyl (C=O) groups is 1. The second-order valence-corrected chi connectivity index (χ2v) is 7.67. The molecule has 4 heterocycles. The maximum absolute atomic E-state index is 11.2. The van der Waals surface area contributed by atoms with Gasteiger partial charge in [-0.05, 0) is 30.3 Å². The van der Waals surface area contributed by atoms with Gasteiger partial charge in [0.1, 0.15) is 11.2 Å². The molecule has 0 unspecified atom stereocenters. The van der Waals surface area contributed by atoms with E-state index in [4.69, 9.17) is 4.74 Å². The SMILES string of the molecule is O=C(O)c1cc(-c2cnc(Nc3ccc(N4CCOCC4)cc3)c3ncnn23)cs1. The molecule has 5 rings (SSSR count). The van der Waals surface area contributed by atoms with Gasteiger partial charge in [-0.3, -0.25) is 0 Å². The predicted octanol–water partition coefficient (Wildman–Crippen LogP) is 3.13. The van der Waals surface area contributed by atoms with Crippen LogP contribution in [0.15, 0.2) is 48.2 Å². The Kier molecular flexibility index (Phi) is 4.77. The topological polar surface area (TPSA) is 105 Å². The van der Waals surface area contributed by atoms with Gasteiger partial charge in [0.05, 0.1) is 25.1 Å². The molecule has 0 radical (unpaired) electrons. The van der Waals surface area contributed by atoms with Gasteiger partial charge >= 0.3 is 5.97 Å². The first-order valence-corrected chi connectivity index (χ1v) is 10.3. The van der Waals surface area contributed by atoms with Crippen molar-refractivity contribution in [1.29, 1.82) is 0 Å². The standard InChI is InChI=1S/C20H18N6O3S/c27-20(28)17-9-13(11-30-17)16-10-21-18(19-22-12-23-26(16)19)24-14-1-3-15(4-2-14)25-5-7-29-8-6-25/h1-4,9-12H,5-8H2,(H,21,24)(H,27,28). The van der Waals surface area contributed by atoms with Crippen LogP contribution in [-0.4, -0.2) is 57.0 Å². The van der Waals surface area contributed by atoms with E-state index in [2.05, 4.69) is 37.4 Å². The molecule has 152 valence electrons. The molecule has 0 spiro atoms. The minimum Gasteiger partial charge on any atom is -0.477 e. The third kappa shape index (κ3) is 3.46. The van der Waals surface area contributed by atoms with Crippen molar-refractivity contribution in [2.75, 3.05) is 36.5 Å². The quantitative estimate of drug-likeness (QED) is 0.505. The number of hydrogen-bond donors (Lipinski definition) is 2. The first kappa shape index (κ1) is 18.5. The second kappa shape index (κ2) is 7.73. The van der Waals surface area contributed by atoms with Gasteiger partial charge in [-0.25, -0.2) is 19.3 Å². The Hall–Kier alpha value is -3.50. The van der Waals surface area contributed by atoms with E-state index in [0.29, 0.717) is 17.2 Å². The van der Waals surface area contributed by atoms with Gasteiger partial charge in [0, 0.05) is 35.4 Å². The zero-order chi connectivity index (χ0) is 20.5. The van der Waals surface area contributed by atoms with E-state index in [9.17, 15) is 9.90 Å². The summed E-state index contributed by atoms with van der Waals surface area (Å²) in [5, 5.41) is 18.5. The highest BCUT2D eigenvalue weighted by Gasteiger charge is 2.15. The number of aromatic nitrogens is 4. The summed E-state index contributed by atoms with van der Waals surface area (Å²) in [4.78, 5) is 22.6. The number of thiophene rings is 1. The van der Waals surface area contributed by atoms with E-state index in [1.165, 1.54) is 17.7 Å². The van der Waals surface area contributed by atoms with Gasteiger partial charge in [-0.15, -0.1) is 11.3 Å². The normalized spacial score (nSPS) is 14.2. The van der Waals surface area contributed by atoms with Crippen LogP contribution in [0, 0.1) is 0 Å². The fourth-order valence-corrected chi connectivity index (χ4v) is 4.14. The first-order valence-electron chi connectivity index (χ1n) is 9.40. The zero-order valence-corrected chi connectivity index (χ0v) is 16.7. The van der Waals surface area contributed by atoms with E-state index < -0.39 is 5.97 Å². The van der Waals surface area contributed by atoms with Gasteiger partial charge < -0.3 is 20.1 Å². The number of nitrogens with zero attached hydrogens (tertiary/aromatic N) is 5. The molecule has 2 N–H and O–H groups in total. The Morgan fingerprint density at radius 1 is 1.17 bits per heavy atom. The Balaban J connectivity index is 1.41. The minimum atomic E-state index is -0.951. The molecular formula is C20H18N6O3S. The van der Waals surface area contributed by atoms with Crippen molar-refractivity contribution in [3.63, 3.8) is 0 Å². The molecule has 0 aliphatic carbocycles. The Labute approximate surface area is 175 Å². The monoisotopic (exact) mass is 422 g/mol. The number of rotatable bonds is 5. The summed E-state index contributed by atoms with van der Waals surface area (Å²) in [6, 6.07) is 9.77. The van der Waals surface area contributed by atoms with E-state index in [-0.39, 0.29) is 4.88 Å². The number of benzene rings is 1. The van der Waals surface area contributed by atoms with Crippen LogP contribution in [0.1, 0.15) is 9.67 Å². The highest BCUT2D eigenvalue weighted by atomic mass is 32.1. The number of hydrogen-bond acceptors (Lipinski definition) is 8. The van der Waals surface area contributed by atoms with Gasteiger partial charge in [-0.2, -0.15) is 5.10 Å². The summed E-state index contributed by atoms with van der Waals surface area (Å²) in [7, 11) is 0. The fraction of sp³-hybridized carbons (Fsp3) is 0.200. The van der Waals surface area contributed by atoms with Crippen molar-refractivity contribution in [3.8, 4) is 11.3 Å². The van der Waals surface area contributed by atoms with Gasteiger partial charge in [0.25, 0.3) is 0 Å². The maximum atomic E-state index is 11.2. The number of fused-ring (bicyclic) bond motifs is 1. The molecule has 3 aromatic heterocycles. The number of morpholine rings is 1. The van der Waals surface area contributed by atoms with Gasteiger partial charge in [0.15, 0.2) is 11.5 Å². The molecule has 4 aromatic rings. The Morgan fingerprint density at radius 3 is 2.70 bits per heavy atom. The van der Waals surface area contributed by atoms with Gasteiger partial charge in [0.2, 0.25) is 0 Å². The molecule has 0 saturated carbocycles. The summed E-state index contributed by atoms with van der Waals surface area (Å²) in [5.74, 6) is -0.378. The van der Waals surface area contributed by atoms with Crippen molar-refractivity contribution in [2.45, 2.75) is 0 Å². The van der Waals surface area contributed by atoms with Crippen LogP contribution in [0.2, 0.25) is 0 Å². The molecule has 1 fully saturated rings. The largest absolute Gasteiger partial charge is 0.477 e. The molecule has 30 heavy (non-hydrogen) atoms. The lowest BCUT2D eigenvalue weighted by Crippen LogP contribution is -2.36. The molecule has 0 atom stereocenters. The Morgan fingerprint density at radius 2 is 1.97 bits per heavy atom. The molecule has 1 aromatic carbocycles. The average molecular weight is 422 g/mol. The maximum Gasteiger partial charge on any atom is 0.345 e. The zero-order valence-electron chi connectivity index (χ0n) is 15.9. The first-order chi connectivity index (χ1) is 14.7. The lowest BCUT2D eigenvalue weighted by molar-refractivity contribution is 0.0702. The fourth-order valence-electron chi connectivity index (χ4n) is 3.40. The average Bonchev–Trinajstić information content (AvgIpc) is 3.46. The smallest absolute Gasteiger partial charge is 0.345 e. The molecule has 0 amide bonds. The van der Waals surface area contributed by atoms with Crippen LogP contribution >= 0.6 is 11.3 Å². The summed E-state index contributed by atoms with van der Waals surface area (Å²) in [5.41, 5.74) is 4.03. The number of carboxylic acids is 1.